The van der Waals surface area contributed by atoms with Gasteiger partial charge in [-0.3, -0.25) is 9.69 Å². The number of benzene rings is 2. The highest BCUT2D eigenvalue weighted by Gasteiger charge is 2.40. The van der Waals surface area contributed by atoms with Crippen LogP contribution in [0.4, 0.5) is 4.79 Å². The molecule has 39 heavy (non-hydrogen) atoms. The number of hydrogen-bond donors (Lipinski definition) is 2. The van der Waals surface area contributed by atoms with Gasteiger partial charge in [0.1, 0.15) is 5.69 Å². The first-order valence-corrected chi connectivity index (χ1v) is 13.0. The van der Waals surface area contributed by atoms with E-state index < -0.39 is 11.3 Å². The highest BCUT2D eigenvalue weighted by molar-refractivity contribution is 5.78. The van der Waals surface area contributed by atoms with Crippen molar-refractivity contribution in [2.45, 2.75) is 39.0 Å². The molecule has 0 bridgehead atoms. The molecule has 1 unspecified atom stereocenters. The first-order valence-electron chi connectivity index (χ1n) is 13.0. The summed E-state index contributed by atoms with van der Waals surface area (Å²) in [5, 5.41) is 19.0. The lowest BCUT2D eigenvalue weighted by Gasteiger charge is -2.35. The summed E-state index contributed by atoms with van der Waals surface area (Å²) in [5.74, 6) is 6.13. The van der Waals surface area contributed by atoms with E-state index in [1.165, 1.54) is 11.9 Å². The Morgan fingerprint density at radius 3 is 2.26 bits per heavy atom. The van der Waals surface area contributed by atoms with Crippen LogP contribution < -0.4 is 5.56 Å². The molecule has 2 N–H and O–H groups in total. The van der Waals surface area contributed by atoms with Crippen molar-refractivity contribution >= 4 is 6.03 Å². The maximum absolute atomic E-state index is 13.2. The molecule has 3 aromatic rings. The monoisotopic (exact) mass is 522 g/mol. The Labute approximate surface area is 227 Å². The van der Waals surface area contributed by atoms with Crippen molar-refractivity contribution < 1.29 is 9.90 Å². The van der Waals surface area contributed by atoms with E-state index in [9.17, 15) is 14.7 Å². The number of nitriles is 1. The Morgan fingerprint density at radius 2 is 1.64 bits per heavy atom. The highest BCUT2D eigenvalue weighted by atomic mass is 16.3. The molecular formula is C30H30N6O3. The van der Waals surface area contributed by atoms with Gasteiger partial charge in [-0.2, -0.15) is 5.26 Å². The molecule has 198 valence electrons. The van der Waals surface area contributed by atoms with Crippen LogP contribution in [0.25, 0.3) is 0 Å². The van der Waals surface area contributed by atoms with E-state index in [1.807, 2.05) is 55.1 Å². The predicted octanol–water partition coefficient (Wildman–Crippen LogP) is 3.22. The van der Waals surface area contributed by atoms with Crippen LogP contribution in [0, 0.1) is 29.1 Å². The number of H-pyrrole nitrogens is 1. The Kier molecular flexibility index (Phi) is 7.36. The molecule has 2 aromatic carbocycles. The van der Waals surface area contributed by atoms with Gasteiger partial charge in [0.2, 0.25) is 5.75 Å². The normalized spacial score (nSPS) is 17.6. The summed E-state index contributed by atoms with van der Waals surface area (Å²) in [6.07, 6.45) is 1.23. The number of aromatic hydroxyl groups is 1. The molecular weight excluding hydrogens is 492 g/mol. The average molecular weight is 523 g/mol. The molecule has 2 saturated heterocycles. The fourth-order valence-corrected chi connectivity index (χ4v) is 5.04. The van der Waals surface area contributed by atoms with Gasteiger partial charge in [-0.1, -0.05) is 36.1 Å². The molecule has 1 aromatic heterocycles. The number of carbonyl (C=O) groups excluding carboxylic acids is 1. The number of rotatable bonds is 6. The summed E-state index contributed by atoms with van der Waals surface area (Å²) < 4.78 is 0. The lowest BCUT2D eigenvalue weighted by molar-refractivity contribution is 0.127. The van der Waals surface area contributed by atoms with E-state index in [2.05, 4.69) is 44.9 Å². The summed E-state index contributed by atoms with van der Waals surface area (Å²) in [5.41, 5.74) is 3.55. The fourth-order valence-electron chi connectivity index (χ4n) is 5.04. The zero-order chi connectivity index (χ0) is 27.5. The number of aromatic amines is 1. The zero-order valence-electron chi connectivity index (χ0n) is 22.0. The zero-order valence-corrected chi connectivity index (χ0v) is 22.0. The summed E-state index contributed by atoms with van der Waals surface area (Å²) in [6.45, 7) is 6.93. The summed E-state index contributed by atoms with van der Waals surface area (Å²) in [7, 11) is 0. The molecule has 0 saturated carbocycles. The minimum atomic E-state index is -0.627. The number of carbonyl (C=O) groups is 1. The third-order valence-electron chi connectivity index (χ3n) is 7.17. The van der Waals surface area contributed by atoms with Crippen molar-refractivity contribution in [3.63, 3.8) is 0 Å². The number of aromatic nitrogens is 2. The smallest absolute Gasteiger partial charge is 0.321 e. The van der Waals surface area contributed by atoms with Gasteiger partial charge in [0.15, 0.2) is 0 Å². The summed E-state index contributed by atoms with van der Waals surface area (Å²) >= 11 is 0. The molecule has 0 aliphatic carbocycles. The number of nitrogens with one attached hydrogen (secondary N) is 1. The molecule has 1 atom stereocenters. The minimum absolute atomic E-state index is 0.0375. The molecule has 2 amide bonds. The molecule has 2 aliphatic heterocycles. The average Bonchev–Trinajstić information content (AvgIpc) is 3.24. The van der Waals surface area contributed by atoms with E-state index in [-0.39, 0.29) is 36.3 Å². The van der Waals surface area contributed by atoms with Crippen LogP contribution in [0.2, 0.25) is 0 Å². The van der Waals surface area contributed by atoms with Crippen LogP contribution in [0.5, 0.6) is 5.75 Å². The van der Waals surface area contributed by atoms with Crippen molar-refractivity contribution in [1.29, 1.82) is 5.26 Å². The first-order chi connectivity index (χ1) is 18.8. The molecule has 9 heteroatoms. The molecule has 2 fully saturated rings. The number of urea groups is 1. The van der Waals surface area contributed by atoms with Crippen molar-refractivity contribution in [2.75, 3.05) is 19.6 Å². The van der Waals surface area contributed by atoms with Crippen LogP contribution in [0.15, 0.2) is 59.7 Å². The first kappa shape index (κ1) is 26.0. The number of nitrogens with zero attached hydrogens (tertiary/aromatic N) is 5. The van der Waals surface area contributed by atoms with Gasteiger partial charge in [0, 0.05) is 43.3 Å². The van der Waals surface area contributed by atoms with Gasteiger partial charge in [-0.05, 0) is 49.2 Å². The van der Waals surface area contributed by atoms with Crippen molar-refractivity contribution in [3.05, 3.63) is 93.2 Å². The maximum atomic E-state index is 13.2. The largest absolute Gasteiger partial charge is 0.502 e. The van der Waals surface area contributed by atoms with Crippen molar-refractivity contribution in [3.8, 4) is 23.7 Å². The Hall–Kier alpha value is -4.60. The van der Waals surface area contributed by atoms with E-state index in [1.54, 1.807) is 4.90 Å². The van der Waals surface area contributed by atoms with Gasteiger partial charge in [0.25, 0.3) is 5.56 Å². The topological polar surface area (TPSA) is 117 Å². The van der Waals surface area contributed by atoms with Gasteiger partial charge < -0.3 is 19.9 Å². The number of amides is 2. The second kappa shape index (κ2) is 11.0. The summed E-state index contributed by atoms with van der Waals surface area (Å²) in [6, 6.07) is 18.0. The second-order valence-electron chi connectivity index (χ2n) is 10.3. The fraction of sp³-hybridized carbons (Fsp3) is 0.333. The van der Waals surface area contributed by atoms with E-state index >= 15 is 0 Å². The van der Waals surface area contributed by atoms with Crippen molar-refractivity contribution in [2.24, 2.45) is 5.92 Å². The number of hydrogen-bond acceptors (Lipinski definition) is 6. The highest BCUT2D eigenvalue weighted by Crippen LogP contribution is 2.33. The van der Waals surface area contributed by atoms with Crippen LogP contribution in [0.1, 0.15) is 47.8 Å². The summed E-state index contributed by atoms with van der Waals surface area (Å²) in [4.78, 5) is 37.0. The molecule has 2 aliphatic rings. The SMILES string of the molecule is CC(C)N1C(=O)N(Cc2nc[nH]c(=O)c2O)CC1c1ccc(C#Cc2ccc(CN3CC(C#N)C3)cc2)cc1. The Balaban J connectivity index is 1.25. The van der Waals surface area contributed by atoms with Crippen LogP contribution in [-0.2, 0) is 13.1 Å². The molecule has 0 spiro atoms. The van der Waals surface area contributed by atoms with Crippen LogP contribution >= 0.6 is 0 Å². The van der Waals surface area contributed by atoms with Gasteiger partial charge >= 0.3 is 6.03 Å². The Morgan fingerprint density at radius 1 is 1.00 bits per heavy atom. The quantitative estimate of drug-likeness (QED) is 0.480. The Bertz CT molecular complexity index is 1510. The van der Waals surface area contributed by atoms with Gasteiger partial charge in [-0.15, -0.1) is 0 Å². The third kappa shape index (κ3) is 5.64. The lowest BCUT2D eigenvalue weighted by Crippen LogP contribution is -2.45. The molecule has 0 radical (unpaired) electrons. The van der Waals surface area contributed by atoms with Crippen LogP contribution in [0.3, 0.4) is 0 Å². The van der Waals surface area contributed by atoms with E-state index in [4.69, 9.17) is 5.26 Å². The molecule has 9 nitrogen and oxygen atoms in total. The van der Waals surface area contributed by atoms with Crippen molar-refractivity contribution in [1.82, 2.24) is 24.7 Å². The second-order valence-corrected chi connectivity index (χ2v) is 10.3. The van der Waals surface area contributed by atoms with Gasteiger partial charge in [-0.25, -0.2) is 9.78 Å². The van der Waals surface area contributed by atoms with E-state index in [0.717, 1.165) is 36.3 Å². The minimum Gasteiger partial charge on any atom is -0.502 e. The van der Waals surface area contributed by atoms with Gasteiger partial charge in [0.05, 0.1) is 30.9 Å². The predicted molar refractivity (Wildman–Crippen MR) is 145 cm³/mol. The number of likely N-dealkylation sites (tertiary alicyclic amines) is 1. The molecule has 5 rings (SSSR count). The standard InChI is InChI=1S/C30H30N6O3/c1-20(2)36-27(18-35(30(36)39)17-26-28(37)29(38)33-19-32-26)25-11-9-22(10-12-25)4-3-21-5-7-23(8-6-21)14-34-15-24(13-31)16-34/h5-12,19-20,24,27,37H,14-18H2,1-2H3,(H,32,33,38). The lowest BCUT2D eigenvalue weighted by atomic mass is 10.0. The van der Waals surface area contributed by atoms with Crippen LogP contribution in [-0.4, -0.2) is 61.5 Å². The third-order valence-corrected chi connectivity index (χ3v) is 7.17. The maximum Gasteiger partial charge on any atom is 0.321 e. The molecule has 3 heterocycles. The van der Waals surface area contributed by atoms with E-state index in [0.29, 0.717) is 6.54 Å².